The zero-order valence-electron chi connectivity index (χ0n) is 12.8. The van der Waals surface area contributed by atoms with Crippen LogP contribution < -0.4 is 0 Å². The molecule has 1 aliphatic rings. The van der Waals surface area contributed by atoms with Crippen LogP contribution in [0, 0.1) is 0 Å². The molecule has 1 aliphatic heterocycles. The first-order valence-corrected chi connectivity index (χ1v) is 8.86. The molecule has 0 aliphatic carbocycles. The quantitative estimate of drug-likeness (QED) is 0.631. The molecule has 0 saturated carbocycles. The number of benzene rings is 2. The fourth-order valence-electron chi connectivity index (χ4n) is 2.82. The molecule has 0 radical (unpaired) electrons. The van der Waals surface area contributed by atoms with E-state index in [9.17, 15) is 0 Å². The van der Waals surface area contributed by atoms with E-state index in [4.69, 9.17) is 11.6 Å². The Kier molecular flexibility index (Phi) is 4.17. The third-order valence-electron chi connectivity index (χ3n) is 4.01. The second kappa shape index (κ2) is 6.46. The highest BCUT2D eigenvalue weighted by Gasteiger charge is 2.16. The van der Waals surface area contributed by atoms with Gasteiger partial charge in [0.1, 0.15) is 5.82 Å². The summed E-state index contributed by atoms with van der Waals surface area (Å²) in [7, 11) is 0. The van der Waals surface area contributed by atoms with Gasteiger partial charge in [0.15, 0.2) is 0 Å². The fourth-order valence-corrected chi connectivity index (χ4v) is 3.27. The molecule has 0 unspecified atom stereocenters. The number of imidazole rings is 1. The number of hydrogen-bond donors (Lipinski definition) is 1. The van der Waals surface area contributed by atoms with E-state index in [-0.39, 0.29) is 0 Å². The number of halogens is 2. The normalized spacial score (nSPS) is 13.2. The van der Waals surface area contributed by atoms with E-state index in [0.29, 0.717) is 5.02 Å². The maximum atomic E-state index is 6.08. The summed E-state index contributed by atoms with van der Waals surface area (Å²) >= 11 is 9.55. The van der Waals surface area contributed by atoms with Crippen molar-refractivity contribution >= 4 is 33.6 Å². The predicted octanol–water partition coefficient (Wildman–Crippen LogP) is 5.48. The van der Waals surface area contributed by atoms with Crippen LogP contribution in [0.5, 0.6) is 0 Å². The number of nitrogens with zero attached hydrogens (tertiary/aromatic N) is 2. The number of rotatable bonds is 3. The van der Waals surface area contributed by atoms with E-state index >= 15 is 0 Å². The summed E-state index contributed by atoms with van der Waals surface area (Å²) in [6.45, 7) is 1.68. The zero-order chi connectivity index (χ0) is 16.5. The van der Waals surface area contributed by atoms with E-state index in [1.807, 2.05) is 24.3 Å². The number of fused-ring (bicyclic) bond motifs is 1. The van der Waals surface area contributed by atoms with E-state index in [1.54, 1.807) is 0 Å². The van der Waals surface area contributed by atoms with Crippen molar-refractivity contribution in [1.29, 1.82) is 0 Å². The summed E-state index contributed by atoms with van der Waals surface area (Å²) in [4.78, 5) is 10.4. The standard InChI is InChI=1S/C19H15BrClN3/c20-15-6-4-13(5-7-15)11-24-9-8-17-18(12-24)23-19(22-17)14-2-1-3-16(21)10-14/h1-10H,11-12H2,(H,22,23). The lowest BCUT2D eigenvalue weighted by Crippen LogP contribution is -2.19. The predicted molar refractivity (Wildman–Crippen MR) is 101 cm³/mol. The molecular weight excluding hydrogens is 386 g/mol. The van der Waals surface area contributed by atoms with Gasteiger partial charge < -0.3 is 9.88 Å². The summed E-state index contributed by atoms with van der Waals surface area (Å²) in [6, 6.07) is 16.2. The van der Waals surface area contributed by atoms with Crippen LogP contribution >= 0.6 is 27.5 Å². The molecule has 0 fully saturated rings. The summed E-state index contributed by atoms with van der Waals surface area (Å²) in [5, 5.41) is 0.717. The maximum Gasteiger partial charge on any atom is 0.138 e. The Morgan fingerprint density at radius 3 is 2.79 bits per heavy atom. The molecule has 0 saturated heterocycles. The van der Waals surface area contributed by atoms with Gasteiger partial charge in [0.25, 0.3) is 0 Å². The molecule has 0 atom stereocenters. The van der Waals surface area contributed by atoms with Crippen LogP contribution in [0.2, 0.25) is 5.02 Å². The highest BCUT2D eigenvalue weighted by molar-refractivity contribution is 9.10. The Morgan fingerprint density at radius 2 is 2.00 bits per heavy atom. The average Bonchev–Trinajstić information content (AvgIpc) is 3.00. The van der Waals surface area contributed by atoms with Crippen molar-refractivity contribution in [3.8, 4) is 11.4 Å². The van der Waals surface area contributed by atoms with E-state index in [0.717, 1.165) is 40.3 Å². The molecule has 120 valence electrons. The summed E-state index contributed by atoms with van der Waals surface area (Å²) in [5.74, 6) is 0.859. The molecule has 0 spiro atoms. The number of aromatic nitrogens is 2. The maximum absolute atomic E-state index is 6.08. The molecular formula is C19H15BrClN3. The van der Waals surface area contributed by atoms with Gasteiger partial charge in [0.2, 0.25) is 0 Å². The largest absolute Gasteiger partial charge is 0.367 e. The van der Waals surface area contributed by atoms with Crippen LogP contribution in [-0.2, 0) is 13.1 Å². The Labute approximate surface area is 154 Å². The van der Waals surface area contributed by atoms with E-state index in [2.05, 4.69) is 67.3 Å². The topological polar surface area (TPSA) is 31.9 Å². The van der Waals surface area contributed by atoms with Crippen LogP contribution in [0.25, 0.3) is 17.5 Å². The van der Waals surface area contributed by atoms with Crippen LogP contribution in [-0.4, -0.2) is 14.9 Å². The Bertz CT molecular complexity index is 899. The molecule has 24 heavy (non-hydrogen) atoms. The first-order chi connectivity index (χ1) is 11.7. The zero-order valence-corrected chi connectivity index (χ0v) is 15.2. The Morgan fingerprint density at radius 1 is 1.17 bits per heavy atom. The molecule has 2 aromatic carbocycles. The third kappa shape index (κ3) is 3.25. The number of aromatic amines is 1. The van der Waals surface area contributed by atoms with Gasteiger partial charge in [-0.05, 0) is 35.9 Å². The third-order valence-corrected chi connectivity index (χ3v) is 4.78. The smallest absolute Gasteiger partial charge is 0.138 e. The highest BCUT2D eigenvalue weighted by atomic mass is 79.9. The van der Waals surface area contributed by atoms with Crippen molar-refractivity contribution in [3.63, 3.8) is 0 Å². The van der Waals surface area contributed by atoms with Gasteiger partial charge in [0.05, 0.1) is 17.9 Å². The number of hydrogen-bond acceptors (Lipinski definition) is 2. The van der Waals surface area contributed by atoms with Gasteiger partial charge >= 0.3 is 0 Å². The van der Waals surface area contributed by atoms with Crippen LogP contribution in [0.4, 0.5) is 0 Å². The van der Waals surface area contributed by atoms with E-state index < -0.39 is 0 Å². The summed E-state index contributed by atoms with van der Waals surface area (Å²) < 4.78 is 1.10. The van der Waals surface area contributed by atoms with Crippen LogP contribution in [0.3, 0.4) is 0 Å². The lowest BCUT2D eigenvalue weighted by molar-refractivity contribution is 0.355. The number of H-pyrrole nitrogens is 1. The molecule has 0 bridgehead atoms. The van der Waals surface area contributed by atoms with Gasteiger partial charge in [-0.25, -0.2) is 4.98 Å². The van der Waals surface area contributed by atoms with Gasteiger partial charge in [-0.1, -0.05) is 51.8 Å². The molecule has 4 rings (SSSR count). The fraction of sp³-hybridized carbons (Fsp3) is 0.105. The lowest BCUT2D eigenvalue weighted by Gasteiger charge is -2.23. The second-order valence-corrected chi connectivity index (χ2v) is 7.16. The van der Waals surface area contributed by atoms with Crippen LogP contribution in [0.15, 0.2) is 59.2 Å². The van der Waals surface area contributed by atoms with Crippen molar-refractivity contribution < 1.29 is 0 Å². The first kappa shape index (κ1) is 15.5. The van der Waals surface area contributed by atoms with Crippen molar-refractivity contribution in [1.82, 2.24) is 14.9 Å². The lowest BCUT2D eigenvalue weighted by atomic mass is 10.2. The van der Waals surface area contributed by atoms with Crippen molar-refractivity contribution in [3.05, 3.63) is 81.2 Å². The molecule has 3 nitrogen and oxygen atoms in total. The first-order valence-electron chi connectivity index (χ1n) is 7.69. The minimum Gasteiger partial charge on any atom is -0.367 e. The number of nitrogens with one attached hydrogen (secondary N) is 1. The summed E-state index contributed by atoms with van der Waals surface area (Å²) in [6.07, 6.45) is 4.16. The van der Waals surface area contributed by atoms with E-state index in [1.165, 1.54) is 5.56 Å². The van der Waals surface area contributed by atoms with Gasteiger partial charge in [-0.2, -0.15) is 0 Å². The van der Waals surface area contributed by atoms with Crippen molar-refractivity contribution in [2.24, 2.45) is 0 Å². The molecule has 2 heterocycles. The minimum atomic E-state index is 0.717. The Balaban J connectivity index is 1.54. The molecule has 3 aromatic rings. The van der Waals surface area contributed by atoms with Crippen molar-refractivity contribution in [2.75, 3.05) is 0 Å². The second-order valence-electron chi connectivity index (χ2n) is 5.81. The van der Waals surface area contributed by atoms with Gasteiger partial charge in [-0.15, -0.1) is 0 Å². The van der Waals surface area contributed by atoms with Gasteiger partial charge in [0, 0.05) is 27.8 Å². The SMILES string of the molecule is Clc1cccc(-c2nc3c([nH]2)CN(Cc2ccc(Br)cc2)C=C3)c1. The monoisotopic (exact) mass is 399 g/mol. The van der Waals surface area contributed by atoms with Crippen molar-refractivity contribution in [2.45, 2.75) is 13.1 Å². The molecule has 1 aromatic heterocycles. The molecule has 1 N–H and O–H groups in total. The summed E-state index contributed by atoms with van der Waals surface area (Å²) in [5.41, 5.74) is 4.41. The highest BCUT2D eigenvalue weighted by Crippen LogP contribution is 2.25. The Hall–Kier alpha value is -2.04. The molecule has 0 amide bonds. The minimum absolute atomic E-state index is 0.717. The van der Waals surface area contributed by atoms with Gasteiger partial charge in [-0.3, -0.25) is 0 Å². The average molecular weight is 401 g/mol. The molecule has 5 heteroatoms. The van der Waals surface area contributed by atoms with Crippen LogP contribution in [0.1, 0.15) is 17.0 Å².